The van der Waals surface area contributed by atoms with Crippen LogP contribution in [0.3, 0.4) is 0 Å². The number of ether oxygens (including phenoxy) is 1. The molecule has 11 heteroatoms. The number of hydrogen-bond acceptors (Lipinski definition) is 4. The molecule has 0 aliphatic carbocycles. The van der Waals surface area contributed by atoms with Crippen molar-refractivity contribution in [2.75, 3.05) is 23.7 Å². The van der Waals surface area contributed by atoms with Crippen LogP contribution in [0.1, 0.15) is 34.0 Å². The topological polar surface area (TPSA) is 75.7 Å². The third-order valence-corrected chi connectivity index (χ3v) is 6.82. The highest BCUT2D eigenvalue weighted by Crippen LogP contribution is 2.39. The van der Waals surface area contributed by atoms with Gasteiger partial charge in [-0.2, -0.15) is 13.2 Å². The zero-order valence-electron chi connectivity index (χ0n) is 20.2. The van der Waals surface area contributed by atoms with Crippen molar-refractivity contribution in [3.8, 4) is 5.75 Å². The molecule has 0 unspecified atom stereocenters. The molecule has 37 heavy (non-hydrogen) atoms. The summed E-state index contributed by atoms with van der Waals surface area (Å²) in [6, 6.07) is 16.5. The van der Waals surface area contributed by atoms with Gasteiger partial charge in [-0.1, -0.05) is 42.8 Å². The van der Waals surface area contributed by atoms with Gasteiger partial charge in [-0.3, -0.25) is 9.10 Å². The third kappa shape index (κ3) is 7.87. The fraction of sp³-hybridized carbons (Fsp3) is 0.269. The molecule has 3 rings (SSSR count). The summed E-state index contributed by atoms with van der Waals surface area (Å²) >= 11 is 5.72. The second-order valence-electron chi connectivity index (χ2n) is 8.23. The lowest BCUT2D eigenvalue weighted by Crippen LogP contribution is -2.31. The molecule has 1 amide bonds. The van der Waals surface area contributed by atoms with Gasteiger partial charge in [0, 0.05) is 10.6 Å². The molecule has 0 atom stereocenters. The lowest BCUT2D eigenvalue weighted by molar-refractivity contribution is -0.137. The Labute approximate surface area is 219 Å². The first-order valence-electron chi connectivity index (χ1n) is 11.3. The minimum atomic E-state index is -4.81. The maximum absolute atomic E-state index is 13.6. The molecule has 0 bridgehead atoms. The predicted octanol–water partition coefficient (Wildman–Crippen LogP) is 5.70. The van der Waals surface area contributed by atoms with E-state index in [9.17, 15) is 26.4 Å². The Hall–Kier alpha value is -3.24. The normalized spacial score (nSPS) is 11.7. The van der Waals surface area contributed by atoms with Gasteiger partial charge in [0.1, 0.15) is 12.4 Å². The molecule has 0 aromatic heterocycles. The van der Waals surface area contributed by atoms with E-state index in [0.717, 1.165) is 18.7 Å². The number of alkyl halides is 3. The smallest absolute Gasteiger partial charge is 0.418 e. The van der Waals surface area contributed by atoms with Gasteiger partial charge in [0.25, 0.3) is 5.91 Å². The fourth-order valence-corrected chi connectivity index (χ4v) is 4.59. The fourth-order valence-electron chi connectivity index (χ4n) is 3.52. The molecular formula is C26H26ClF3N2O4S. The van der Waals surface area contributed by atoms with Crippen molar-refractivity contribution < 1.29 is 31.1 Å². The molecular weight excluding hydrogens is 529 g/mol. The minimum absolute atomic E-state index is 0.167. The van der Waals surface area contributed by atoms with Crippen LogP contribution in [0.4, 0.5) is 18.9 Å². The molecule has 0 saturated heterocycles. The summed E-state index contributed by atoms with van der Waals surface area (Å²) < 4.78 is 71.8. The molecule has 0 saturated carbocycles. The Morgan fingerprint density at radius 1 is 1.00 bits per heavy atom. The van der Waals surface area contributed by atoms with E-state index in [1.54, 1.807) is 0 Å². The van der Waals surface area contributed by atoms with E-state index in [-0.39, 0.29) is 30.6 Å². The van der Waals surface area contributed by atoms with Gasteiger partial charge in [-0.15, -0.1) is 0 Å². The highest BCUT2D eigenvalue weighted by molar-refractivity contribution is 7.92. The van der Waals surface area contributed by atoms with E-state index in [2.05, 4.69) is 12.2 Å². The van der Waals surface area contributed by atoms with Crippen LogP contribution in [0.2, 0.25) is 5.02 Å². The summed E-state index contributed by atoms with van der Waals surface area (Å²) in [7, 11) is -4.08. The predicted molar refractivity (Wildman–Crippen MR) is 138 cm³/mol. The Morgan fingerprint density at radius 3 is 2.19 bits per heavy atom. The van der Waals surface area contributed by atoms with Crippen molar-refractivity contribution in [1.29, 1.82) is 0 Å². The Bertz CT molecular complexity index is 1330. The van der Waals surface area contributed by atoms with Crippen LogP contribution in [0.15, 0.2) is 66.7 Å². The van der Waals surface area contributed by atoms with Crippen molar-refractivity contribution in [3.63, 3.8) is 0 Å². The third-order valence-electron chi connectivity index (χ3n) is 5.46. The molecule has 0 radical (unpaired) electrons. The Kier molecular flexibility index (Phi) is 9.09. The minimum Gasteiger partial charge on any atom is -0.492 e. The molecule has 198 valence electrons. The number of nitrogens with zero attached hydrogens (tertiary/aromatic N) is 1. The van der Waals surface area contributed by atoms with Crippen molar-refractivity contribution in [2.45, 2.75) is 26.1 Å². The Balaban J connectivity index is 1.65. The molecule has 6 nitrogen and oxygen atoms in total. The number of halogens is 4. The maximum Gasteiger partial charge on any atom is 0.418 e. The number of carbonyl (C=O) groups excluding carboxylic acids is 1. The molecule has 0 heterocycles. The first kappa shape index (κ1) is 28.3. The molecule has 0 aliphatic heterocycles. The number of rotatable bonds is 10. The number of benzene rings is 3. The molecule has 0 fully saturated rings. The summed E-state index contributed by atoms with van der Waals surface area (Å²) in [6.45, 7) is 2.22. The zero-order valence-corrected chi connectivity index (χ0v) is 21.8. The van der Waals surface area contributed by atoms with Gasteiger partial charge in [0.2, 0.25) is 10.0 Å². The SMILES string of the molecule is CCc1ccc(OCCNC(=O)c2ccc(CN(c3ccc(Cl)cc3C(F)(F)F)S(C)(=O)=O)cc2)cc1. The van der Waals surface area contributed by atoms with E-state index < -0.39 is 27.5 Å². The van der Waals surface area contributed by atoms with Crippen LogP contribution in [-0.2, 0) is 29.2 Å². The van der Waals surface area contributed by atoms with Gasteiger partial charge in [-0.25, -0.2) is 8.42 Å². The van der Waals surface area contributed by atoms with Gasteiger partial charge in [0.15, 0.2) is 0 Å². The lowest BCUT2D eigenvalue weighted by atomic mass is 10.1. The van der Waals surface area contributed by atoms with Crippen molar-refractivity contribution >= 4 is 33.2 Å². The van der Waals surface area contributed by atoms with Gasteiger partial charge < -0.3 is 10.1 Å². The number of hydrogen-bond donors (Lipinski definition) is 1. The van der Waals surface area contributed by atoms with E-state index in [0.29, 0.717) is 27.2 Å². The van der Waals surface area contributed by atoms with Crippen LogP contribution in [0.25, 0.3) is 0 Å². The van der Waals surface area contributed by atoms with Gasteiger partial charge in [-0.05, 0) is 60.0 Å². The summed E-state index contributed by atoms with van der Waals surface area (Å²) in [6.07, 6.45) is -3.06. The molecule has 0 spiro atoms. The molecule has 0 aliphatic rings. The first-order valence-corrected chi connectivity index (χ1v) is 13.5. The molecule has 3 aromatic carbocycles. The average molecular weight is 555 g/mol. The summed E-state index contributed by atoms with van der Waals surface area (Å²) in [5, 5.41) is 2.56. The maximum atomic E-state index is 13.6. The summed E-state index contributed by atoms with van der Waals surface area (Å²) in [4.78, 5) is 12.4. The highest BCUT2D eigenvalue weighted by Gasteiger charge is 2.37. The number of sulfonamides is 1. The van der Waals surface area contributed by atoms with Crippen molar-refractivity contribution in [1.82, 2.24) is 5.32 Å². The van der Waals surface area contributed by atoms with Gasteiger partial charge in [0.05, 0.1) is 30.6 Å². The second kappa shape index (κ2) is 11.9. The van der Waals surface area contributed by atoms with E-state index >= 15 is 0 Å². The number of nitrogens with one attached hydrogen (secondary N) is 1. The van der Waals surface area contributed by atoms with Crippen LogP contribution in [0, 0.1) is 0 Å². The Morgan fingerprint density at radius 2 is 1.62 bits per heavy atom. The quantitative estimate of drug-likeness (QED) is 0.326. The zero-order chi connectivity index (χ0) is 27.2. The van der Waals surface area contributed by atoms with Gasteiger partial charge >= 0.3 is 6.18 Å². The van der Waals surface area contributed by atoms with Crippen LogP contribution in [-0.4, -0.2) is 33.7 Å². The summed E-state index contributed by atoms with van der Waals surface area (Å²) in [5.74, 6) is 0.328. The van der Waals surface area contributed by atoms with E-state index in [1.165, 1.54) is 35.9 Å². The largest absolute Gasteiger partial charge is 0.492 e. The van der Waals surface area contributed by atoms with E-state index in [4.69, 9.17) is 16.3 Å². The molecule has 1 N–H and O–H groups in total. The second-order valence-corrected chi connectivity index (χ2v) is 10.6. The average Bonchev–Trinajstić information content (AvgIpc) is 2.85. The van der Waals surface area contributed by atoms with Crippen molar-refractivity contribution in [3.05, 3.63) is 94.0 Å². The van der Waals surface area contributed by atoms with Crippen LogP contribution >= 0.6 is 11.6 Å². The number of amides is 1. The van der Waals surface area contributed by atoms with Crippen LogP contribution in [0.5, 0.6) is 5.75 Å². The first-order chi connectivity index (χ1) is 17.4. The van der Waals surface area contributed by atoms with Crippen molar-refractivity contribution in [2.24, 2.45) is 0 Å². The number of aryl methyl sites for hydroxylation is 1. The highest BCUT2D eigenvalue weighted by atomic mass is 35.5. The number of anilines is 1. The van der Waals surface area contributed by atoms with Crippen LogP contribution < -0.4 is 14.4 Å². The standard InChI is InChI=1S/C26H26ClF3N2O4S/c1-3-18-6-11-22(12-7-18)36-15-14-31-25(33)20-8-4-19(5-9-20)17-32(37(2,34)35)24-13-10-21(27)16-23(24)26(28,29)30/h4-13,16H,3,14-15,17H2,1-2H3,(H,31,33). The number of carbonyl (C=O) groups is 1. The lowest BCUT2D eigenvalue weighted by Gasteiger charge is -2.26. The monoisotopic (exact) mass is 554 g/mol. The summed E-state index contributed by atoms with van der Waals surface area (Å²) in [5.41, 5.74) is 0.196. The van der Waals surface area contributed by atoms with E-state index in [1.807, 2.05) is 24.3 Å². The molecule has 3 aromatic rings.